The van der Waals surface area contributed by atoms with E-state index in [0.29, 0.717) is 12.2 Å². The Hall–Kier alpha value is -1.11. The van der Waals surface area contributed by atoms with Crippen molar-refractivity contribution < 1.29 is 4.79 Å². The second-order valence-electron chi connectivity index (χ2n) is 8.22. The predicted octanol–water partition coefficient (Wildman–Crippen LogP) is 8.45. The van der Waals surface area contributed by atoms with Gasteiger partial charge in [-0.1, -0.05) is 127 Å². The van der Waals surface area contributed by atoms with Crippen LogP contribution in [0.1, 0.15) is 122 Å². The number of unbranched alkanes of at least 4 members (excludes halogenated alkanes) is 14. The second kappa shape index (κ2) is 18.3. The van der Waals surface area contributed by atoms with Crippen LogP contribution in [0, 0.1) is 0 Å². The SMILES string of the molecule is CCCCCCCCCCCCCCCCCC(=O)CCc1ccccc1. The van der Waals surface area contributed by atoms with Crippen molar-refractivity contribution in [1.82, 2.24) is 0 Å². The zero-order valence-electron chi connectivity index (χ0n) is 18.0. The summed E-state index contributed by atoms with van der Waals surface area (Å²) in [6.07, 6.45) is 23.0. The van der Waals surface area contributed by atoms with Crippen molar-refractivity contribution in [2.75, 3.05) is 0 Å². The molecule has 1 nitrogen and oxygen atoms in total. The third-order valence-electron chi connectivity index (χ3n) is 5.59. The van der Waals surface area contributed by atoms with E-state index in [1.807, 2.05) is 6.07 Å². The van der Waals surface area contributed by atoms with E-state index >= 15 is 0 Å². The van der Waals surface area contributed by atoms with Crippen LogP contribution in [-0.2, 0) is 11.2 Å². The molecule has 154 valence electrons. The van der Waals surface area contributed by atoms with Gasteiger partial charge in [-0.15, -0.1) is 0 Å². The number of ketones is 1. The summed E-state index contributed by atoms with van der Waals surface area (Å²) in [6, 6.07) is 10.4. The first-order valence-corrected chi connectivity index (χ1v) is 11.9. The molecule has 0 aliphatic rings. The molecule has 1 rings (SSSR count). The highest BCUT2D eigenvalue weighted by Crippen LogP contribution is 2.14. The largest absolute Gasteiger partial charge is 0.300 e. The molecule has 0 saturated heterocycles. The van der Waals surface area contributed by atoms with Gasteiger partial charge in [0.05, 0.1) is 0 Å². The minimum Gasteiger partial charge on any atom is -0.300 e. The minimum absolute atomic E-state index is 0.438. The summed E-state index contributed by atoms with van der Waals surface area (Å²) in [4.78, 5) is 12.0. The van der Waals surface area contributed by atoms with Crippen LogP contribution in [0.2, 0.25) is 0 Å². The molecule has 0 amide bonds. The summed E-state index contributed by atoms with van der Waals surface area (Å²) >= 11 is 0. The van der Waals surface area contributed by atoms with Gasteiger partial charge in [-0.3, -0.25) is 4.79 Å². The Morgan fingerprint density at radius 3 is 1.52 bits per heavy atom. The Morgan fingerprint density at radius 1 is 0.593 bits per heavy atom. The summed E-state index contributed by atoms with van der Waals surface area (Å²) in [5, 5.41) is 0. The van der Waals surface area contributed by atoms with Gasteiger partial charge in [0.1, 0.15) is 5.78 Å². The molecule has 0 saturated carbocycles. The Balaban J connectivity index is 1.77. The minimum atomic E-state index is 0.438. The third kappa shape index (κ3) is 15.6. The summed E-state index contributed by atoms with van der Waals surface area (Å²) in [5.41, 5.74) is 1.28. The lowest BCUT2D eigenvalue weighted by molar-refractivity contribution is -0.119. The van der Waals surface area contributed by atoms with Gasteiger partial charge in [-0.05, 0) is 18.4 Å². The topological polar surface area (TPSA) is 17.1 Å². The Kier molecular flexibility index (Phi) is 16.2. The number of carbonyl (C=O) groups excluding carboxylic acids is 1. The third-order valence-corrected chi connectivity index (χ3v) is 5.59. The van der Waals surface area contributed by atoms with E-state index in [1.165, 1.54) is 95.5 Å². The van der Waals surface area contributed by atoms with Crippen LogP contribution < -0.4 is 0 Å². The molecule has 0 N–H and O–H groups in total. The number of carbonyl (C=O) groups is 1. The van der Waals surface area contributed by atoms with Gasteiger partial charge in [-0.25, -0.2) is 0 Å². The van der Waals surface area contributed by atoms with Gasteiger partial charge >= 0.3 is 0 Å². The number of rotatable bonds is 19. The van der Waals surface area contributed by atoms with Gasteiger partial charge in [0, 0.05) is 12.8 Å². The van der Waals surface area contributed by atoms with Crippen LogP contribution >= 0.6 is 0 Å². The fraction of sp³-hybridized carbons (Fsp3) is 0.731. The second-order valence-corrected chi connectivity index (χ2v) is 8.22. The standard InChI is InChI=1S/C26H44O/c1-2-3-4-5-6-7-8-9-10-11-12-13-14-15-19-22-26(27)24-23-25-20-17-16-18-21-25/h16-18,20-21H,2-15,19,22-24H2,1H3. The van der Waals surface area contributed by atoms with E-state index in [1.54, 1.807) is 0 Å². The van der Waals surface area contributed by atoms with Crippen LogP contribution in [0.4, 0.5) is 0 Å². The van der Waals surface area contributed by atoms with Gasteiger partial charge in [0.2, 0.25) is 0 Å². The van der Waals surface area contributed by atoms with Crippen molar-refractivity contribution in [2.45, 2.75) is 122 Å². The highest BCUT2D eigenvalue weighted by atomic mass is 16.1. The van der Waals surface area contributed by atoms with E-state index in [0.717, 1.165) is 19.3 Å². The van der Waals surface area contributed by atoms with Gasteiger partial charge < -0.3 is 0 Å². The van der Waals surface area contributed by atoms with Crippen LogP contribution in [-0.4, -0.2) is 5.78 Å². The number of aryl methyl sites for hydroxylation is 1. The molecule has 1 aromatic rings. The van der Waals surface area contributed by atoms with E-state index in [2.05, 4.69) is 31.2 Å². The van der Waals surface area contributed by atoms with E-state index < -0.39 is 0 Å². The number of benzene rings is 1. The average Bonchev–Trinajstić information content (AvgIpc) is 2.70. The lowest BCUT2D eigenvalue weighted by Gasteiger charge is -2.04. The Morgan fingerprint density at radius 2 is 1.04 bits per heavy atom. The van der Waals surface area contributed by atoms with E-state index in [9.17, 15) is 4.79 Å². The molecule has 0 unspecified atom stereocenters. The molecule has 0 fully saturated rings. The summed E-state index contributed by atoms with van der Waals surface area (Å²) < 4.78 is 0. The van der Waals surface area contributed by atoms with Crippen LogP contribution in [0.15, 0.2) is 30.3 Å². The molecule has 1 heteroatoms. The number of Topliss-reactive ketones (excluding diaryl/α,β-unsaturated/α-hetero) is 1. The summed E-state index contributed by atoms with van der Waals surface area (Å²) in [5.74, 6) is 0.438. The van der Waals surface area contributed by atoms with Crippen molar-refractivity contribution in [3.8, 4) is 0 Å². The maximum Gasteiger partial charge on any atom is 0.133 e. The molecular formula is C26H44O. The maximum absolute atomic E-state index is 12.0. The Labute approximate surface area is 169 Å². The molecule has 0 spiro atoms. The van der Waals surface area contributed by atoms with Gasteiger partial charge in [0.25, 0.3) is 0 Å². The summed E-state index contributed by atoms with van der Waals surface area (Å²) in [6.45, 7) is 2.28. The molecule has 0 aliphatic carbocycles. The molecule has 0 bridgehead atoms. The van der Waals surface area contributed by atoms with Gasteiger partial charge in [-0.2, -0.15) is 0 Å². The fourth-order valence-electron chi connectivity index (χ4n) is 3.75. The maximum atomic E-state index is 12.0. The monoisotopic (exact) mass is 372 g/mol. The van der Waals surface area contributed by atoms with Crippen molar-refractivity contribution in [2.24, 2.45) is 0 Å². The van der Waals surface area contributed by atoms with E-state index in [-0.39, 0.29) is 0 Å². The molecule has 0 radical (unpaired) electrons. The summed E-state index contributed by atoms with van der Waals surface area (Å²) in [7, 11) is 0. The zero-order chi connectivity index (χ0) is 19.4. The van der Waals surface area contributed by atoms with Crippen LogP contribution in [0.5, 0.6) is 0 Å². The van der Waals surface area contributed by atoms with Crippen molar-refractivity contribution in [3.05, 3.63) is 35.9 Å². The normalized spacial score (nSPS) is 11.0. The first-order chi connectivity index (χ1) is 13.3. The predicted molar refractivity (Wildman–Crippen MR) is 119 cm³/mol. The lowest BCUT2D eigenvalue weighted by Crippen LogP contribution is -2.00. The highest BCUT2D eigenvalue weighted by Gasteiger charge is 2.02. The number of hydrogen-bond acceptors (Lipinski definition) is 1. The van der Waals surface area contributed by atoms with Crippen molar-refractivity contribution >= 4 is 5.78 Å². The van der Waals surface area contributed by atoms with Crippen LogP contribution in [0.3, 0.4) is 0 Å². The number of hydrogen-bond donors (Lipinski definition) is 0. The molecule has 0 aliphatic heterocycles. The van der Waals surface area contributed by atoms with Crippen LogP contribution in [0.25, 0.3) is 0 Å². The molecule has 0 aromatic heterocycles. The molecule has 1 aromatic carbocycles. The first-order valence-electron chi connectivity index (χ1n) is 11.9. The molecular weight excluding hydrogens is 328 g/mol. The Bertz CT molecular complexity index is 437. The zero-order valence-corrected chi connectivity index (χ0v) is 18.0. The van der Waals surface area contributed by atoms with Crippen molar-refractivity contribution in [3.63, 3.8) is 0 Å². The molecule has 27 heavy (non-hydrogen) atoms. The molecule has 0 heterocycles. The first kappa shape index (κ1) is 23.9. The average molecular weight is 373 g/mol. The van der Waals surface area contributed by atoms with Gasteiger partial charge in [0.15, 0.2) is 0 Å². The smallest absolute Gasteiger partial charge is 0.133 e. The quantitative estimate of drug-likeness (QED) is 0.223. The lowest BCUT2D eigenvalue weighted by atomic mass is 10.0. The van der Waals surface area contributed by atoms with E-state index in [4.69, 9.17) is 0 Å². The van der Waals surface area contributed by atoms with Crippen molar-refractivity contribution in [1.29, 1.82) is 0 Å². The highest BCUT2D eigenvalue weighted by molar-refractivity contribution is 5.78. The fourth-order valence-corrected chi connectivity index (χ4v) is 3.75. The molecule has 0 atom stereocenters.